The lowest BCUT2D eigenvalue weighted by atomic mass is 10.1. The number of fused-ring (bicyclic) bond motifs is 2. The highest BCUT2D eigenvalue weighted by atomic mass is 32.2. The number of carbonyl (C=O) groups is 1. The molecule has 0 bridgehead atoms. The predicted octanol–water partition coefficient (Wildman–Crippen LogP) is 10.1. The van der Waals surface area contributed by atoms with E-state index in [0.717, 1.165) is 17.4 Å². The molecule has 0 fully saturated rings. The monoisotopic (exact) mass is 795 g/mol. The molecule has 6 N–H and O–H groups in total. The maximum atomic E-state index is 11.5. The second kappa shape index (κ2) is 19.2. The fourth-order valence-electron chi connectivity index (χ4n) is 5.38. The first-order valence-electron chi connectivity index (χ1n) is 16.7. The van der Waals surface area contributed by atoms with Crippen LogP contribution in [-0.4, -0.2) is 59.1 Å². The number of phenols is 3. The molecule has 0 heterocycles. The molecule has 0 aliphatic heterocycles. The van der Waals surface area contributed by atoms with Gasteiger partial charge in [-0.15, -0.1) is 24.8 Å². The highest BCUT2D eigenvalue weighted by Crippen LogP contribution is 2.45. The molecule has 6 rings (SSSR count). The molecular formula is C39H33N5O12S. The van der Waals surface area contributed by atoms with Gasteiger partial charge in [0.05, 0.1) is 41.7 Å². The van der Waals surface area contributed by atoms with E-state index in [1.54, 1.807) is 73.8 Å². The summed E-state index contributed by atoms with van der Waals surface area (Å²) in [6, 6.07) is 26.9. The molecule has 0 aromatic heterocycles. The van der Waals surface area contributed by atoms with Crippen molar-refractivity contribution in [2.45, 2.75) is 4.90 Å². The summed E-state index contributed by atoms with van der Waals surface area (Å²) in [4.78, 5) is 11.7. The Hall–Kier alpha value is -6.80. The number of nitrogens with one attached hydrogen (secondary N) is 1. The van der Waals surface area contributed by atoms with E-state index in [1.165, 1.54) is 12.3 Å². The molecule has 0 aliphatic carbocycles. The third-order valence-electron chi connectivity index (χ3n) is 8.13. The average Bonchev–Trinajstić information content (AvgIpc) is 3.22. The Kier molecular flexibility index (Phi) is 13.4. The van der Waals surface area contributed by atoms with E-state index < -0.39 is 23.0 Å². The second-order valence-electron chi connectivity index (χ2n) is 11.6. The van der Waals surface area contributed by atoms with Crippen molar-refractivity contribution in [2.75, 3.05) is 32.7 Å². The van der Waals surface area contributed by atoms with Crippen molar-refractivity contribution in [2.24, 2.45) is 20.5 Å². The lowest BCUT2D eigenvalue weighted by Gasteiger charge is -2.12. The Morgan fingerprint density at radius 2 is 1.47 bits per heavy atom. The Labute approximate surface area is 327 Å². The quantitative estimate of drug-likeness (QED) is 0.00903. The van der Waals surface area contributed by atoms with Gasteiger partial charge in [-0.1, -0.05) is 47.5 Å². The maximum Gasteiger partial charge on any atom is 0.343 e. The molecule has 292 valence electrons. The minimum absolute atomic E-state index is 0.0114. The number of aromatic hydroxyl groups is 3. The van der Waals surface area contributed by atoms with Gasteiger partial charge in [0.1, 0.15) is 35.2 Å². The molecular weight excluding hydrogens is 763 g/mol. The summed E-state index contributed by atoms with van der Waals surface area (Å²) in [6.45, 7) is 0.0141. The standard InChI is InChI=1S/C39H33N5O12S/c1-51-26-10-6-23(7-11-26)16-17-52-21-54-22-53-20-40-25-9-8-24-18-34(57-56-55-50)36(37(46)29(24)19-25)44-42-31-13-12-30(27-4-2-3-5-28(27)31)41-43-32-14-15-33(45)35(38(32)47)39(48)49/h2-19,40,45-47,50H,20-22H2,1H3,(H,48,49). The van der Waals surface area contributed by atoms with Crippen LogP contribution >= 0.6 is 12.0 Å². The van der Waals surface area contributed by atoms with Crippen molar-refractivity contribution >= 4 is 74.1 Å². The van der Waals surface area contributed by atoms with E-state index in [4.69, 9.17) is 24.2 Å². The Balaban J connectivity index is 1.15. The van der Waals surface area contributed by atoms with Crippen LogP contribution in [0.15, 0.2) is 129 Å². The summed E-state index contributed by atoms with van der Waals surface area (Å²) in [5, 5.41) is 75.9. The zero-order valence-electron chi connectivity index (χ0n) is 29.8. The van der Waals surface area contributed by atoms with Crippen molar-refractivity contribution in [3.05, 3.63) is 114 Å². The summed E-state index contributed by atoms with van der Waals surface area (Å²) in [7, 11) is 1.61. The second-order valence-corrected chi connectivity index (χ2v) is 12.4. The Bertz CT molecular complexity index is 2460. The topological polar surface area (TPSA) is 235 Å². The van der Waals surface area contributed by atoms with Crippen LogP contribution in [0.3, 0.4) is 0 Å². The summed E-state index contributed by atoms with van der Waals surface area (Å²) < 4.78 is 26.0. The molecule has 0 saturated carbocycles. The molecule has 57 heavy (non-hydrogen) atoms. The molecule has 18 heteroatoms. The molecule has 0 unspecified atom stereocenters. The van der Waals surface area contributed by atoms with Crippen LogP contribution < -0.4 is 10.1 Å². The van der Waals surface area contributed by atoms with E-state index in [0.29, 0.717) is 50.6 Å². The van der Waals surface area contributed by atoms with Crippen LogP contribution in [0.25, 0.3) is 27.6 Å². The first-order chi connectivity index (χ1) is 27.8. The first kappa shape index (κ1) is 39.9. The number of nitrogens with zero attached hydrogens (tertiary/aromatic N) is 4. The van der Waals surface area contributed by atoms with Crippen LogP contribution in [0.5, 0.6) is 23.0 Å². The average molecular weight is 796 g/mol. The highest BCUT2D eigenvalue weighted by Gasteiger charge is 2.19. The lowest BCUT2D eigenvalue weighted by Crippen LogP contribution is -2.09. The normalized spacial score (nSPS) is 11.7. The fourth-order valence-corrected chi connectivity index (χ4v) is 5.87. The minimum Gasteiger partial charge on any atom is -0.507 e. The molecule has 0 amide bonds. The highest BCUT2D eigenvalue weighted by molar-refractivity contribution is 7.94. The van der Waals surface area contributed by atoms with Crippen LogP contribution in [0.2, 0.25) is 0 Å². The van der Waals surface area contributed by atoms with Crippen LogP contribution in [-0.2, 0) is 23.6 Å². The van der Waals surface area contributed by atoms with E-state index in [1.807, 2.05) is 24.3 Å². The van der Waals surface area contributed by atoms with Crippen LogP contribution in [0, 0.1) is 0 Å². The number of ether oxygens (including phenoxy) is 4. The minimum atomic E-state index is -1.53. The van der Waals surface area contributed by atoms with Gasteiger partial charge in [0, 0.05) is 21.8 Å². The summed E-state index contributed by atoms with van der Waals surface area (Å²) in [5.41, 5.74) is 1.44. The zero-order valence-corrected chi connectivity index (χ0v) is 30.6. The van der Waals surface area contributed by atoms with Gasteiger partial charge in [0.15, 0.2) is 25.1 Å². The number of benzene rings is 6. The summed E-state index contributed by atoms with van der Waals surface area (Å²) in [5.74, 6) is -2.36. The SMILES string of the molecule is COc1ccc(C=COCOCOCNc2ccc3cc(SOOO)c(N=Nc4ccc(N=Nc5ccc(O)c(C(=O)O)c5O)c5ccccc45)c(O)c3c2)cc1. The first-order valence-corrected chi connectivity index (χ1v) is 17.4. The fraction of sp³-hybridized carbons (Fsp3) is 0.103. The zero-order chi connectivity index (χ0) is 40.1. The molecule has 0 aliphatic rings. The third kappa shape index (κ3) is 9.90. The molecule has 17 nitrogen and oxygen atoms in total. The number of carboxylic acid groups (broad SMARTS) is 1. The van der Waals surface area contributed by atoms with Crippen molar-refractivity contribution in [3.63, 3.8) is 0 Å². The van der Waals surface area contributed by atoms with Gasteiger partial charge in [0.25, 0.3) is 0 Å². The smallest absolute Gasteiger partial charge is 0.343 e. The number of phenolic OH excluding ortho intramolecular Hbond substituents is 1. The number of methoxy groups -OCH3 is 1. The summed E-state index contributed by atoms with van der Waals surface area (Å²) >= 11 is 0.602. The van der Waals surface area contributed by atoms with E-state index in [2.05, 4.69) is 35.1 Å². The van der Waals surface area contributed by atoms with Gasteiger partial charge in [-0.2, -0.15) is 0 Å². The molecule has 6 aromatic rings. The number of anilines is 1. The van der Waals surface area contributed by atoms with E-state index >= 15 is 0 Å². The predicted molar refractivity (Wildman–Crippen MR) is 209 cm³/mol. The van der Waals surface area contributed by atoms with Crippen molar-refractivity contribution in [3.8, 4) is 23.0 Å². The maximum absolute atomic E-state index is 11.5. The van der Waals surface area contributed by atoms with Gasteiger partial charge >= 0.3 is 5.97 Å². The lowest BCUT2D eigenvalue weighted by molar-refractivity contribution is -0.432. The van der Waals surface area contributed by atoms with E-state index in [9.17, 15) is 25.2 Å². The van der Waals surface area contributed by atoms with Gasteiger partial charge in [-0.3, -0.25) is 0 Å². The van der Waals surface area contributed by atoms with Crippen molar-refractivity contribution < 1.29 is 58.8 Å². The number of aromatic carboxylic acids is 1. The van der Waals surface area contributed by atoms with Crippen LogP contribution in [0.4, 0.5) is 28.4 Å². The van der Waals surface area contributed by atoms with Crippen LogP contribution in [0.1, 0.15) is 15.9 Å². The Morgan fingerprint density at radius 1 is 0.772 bits per heavy atom. The number of rotatable bonds is 18. The molecule has 0 atom stereocenters. The Morgan fingerprint density at radius 3 is 2.18 bits per heavy atom. The van der Waals surface area contributed by atoms with Crippen molar-refractivity contribution in [1.82, 2.24) is 0 Å². The number of hydrogen-bond acceptors (Lipinski definition) is 17. The van der Waals surface area contributed by atoms with Crippen molar-refractivity contribution in [1.29, 1.82) is 0 Å². The molecule has 0 spiro atoms. The largest absolute Gasteiger partial charge is 0.507 e. The number of azo groups is 2. The molecule has 0 saturated heterocycles. The molecule has 6 aromatic carbocycles. The van der Waals surface area contributed by atoms with Gasteiger partial charge in [-0.25, -0.2) is 10.1 Å². The third-order valence-corrected chi connectivity index (χ3v) is 8.75. The molecule has 0 radical (unpaired) electrons. The number of carboxylic acids is 1. The number of hydrogen-bond donors (Lipinski definition) is 6. The van der Waals surface area contributed by atoms with Gasteiger partial charge < -0.3 is 44.7 Å². The summed E-state index contributed by atoms with van der Waals surface area (Å²) in [6.07, 6.45) is 3.31. The van der Waals surface area contributed by atoms with Gasteiger partial charge in [-0.05, 0) is 71.6 Å². The van der Waals surface area contributed by atoms with Gasteiger partial charge in [0.2, 0.25) is 0 Å². The van der Waals surface area contributed by atoms with E-state index in [-0.39, 0.29) is 42.3 Å².